The van der Waals surface area contributed by atoms with E-state index in [1.165, 1.54) is 18.4 Å². The third kappa shape index (κ3) is 2.27. The Kier molecular flexibility index (Phi) is 2.66. The minimum Gasteiger partial charge on any atom is -0.353 e. The van der Waals surface area contributed by atoms with Crippen molar-refractivity contribution in [2.24, 2.45) is 0 Å². The lowest BCUT2D eigenvalue weighted by atomic mass is 10.2. The van der Waals surface area contributed by atoms with Crippen molar-refractivity contribution >= 4 is 17.3 Å². The summed E-state index contributed by atoms with van der Waals surface area (Å²) in [6.07, 6.45) is 7.59. The second kappa shape index (κ2) is 4.29. The lowest BCUT2D eigenvalue weighted by molar-refractivity contribution is 0.700. The molecule has 1 aliphatic carbocycles. The molecule has 2 aromatic rings. The first-order valence-corrected chi connectivity index (χ1v) is 6.65. The summed E-state index contributed by atoms with van der Waals surface area (Å²) < 4.78 is 2.20. The highest BCUT2D eigenvalue weighted by Gasteiger charge is 2.22. The highest BCUT2D eigenvalue weighted by atomic mass is 32.1. The maximum Gasteiger partial charge on any atom is 0.202 e. The molecule has 16 heavy (non-hydrogen) atoms. The lowest BCUT2D eigenvalue weighted by Gasteiger charge is -2.08. The Bertz CT molecular complexity index is 443. The van der Waals surface area contributed by atoms with E-state index in [9.17, 15) is 0 Å². The van der Waals surface area contributed by atoms with E-state index >= 15 is 0 Å². The van der Waals surface area contributed by atoms with Gasteiger partial charge in [0.2, 0.25) is 5.95 Å². The predicted molar refractivity (Wildman–Crippen MR) is 66.9 cm³/mol. The molecule has 0 unspecified atom stereocenters. The molecule has 1 fully saturated rings. The standard InChI is InChI=1S/C12H15N3S/c1-2-11(1)14-12-13-5-7-15(12)6-3-10-4-8-16-9-10/h4-5,7-9,11H,1-3,6H2,(H,13,14). The average molecular weight is 233 g/mol. The summed E-state index contributed by atoms with van der Waals surface area (Å²) in [5.41, 5.74) is 1.41. The smallest absolute Gasteiger partial charge is 0.202 e. The van der Waals surface area contributed by atoms with Crippen molar-refractivity contribution in [2.45, 2.75) is 31.8 Å². The Hall–Kier alpha value is -1.29. The molecule has 0 amide bonds. The van der Waals surface area contributed by atoms with E-state index in [4.69, 9.17) is 0 Å². The van der Waals surface area contributed by atoms with Crippen LogP contribution in [-0.2, 0) is 13.0 Å². The minimum atomic E-state index is 0.669. The SMILES string of the molecule is c1cn(CCc2ccsc2)c(NC2CC2)n1. The molecule has 0 spiro atoms. The van der Waals surface area contributed by atoms with E-state index in [1.807, 2.05) is 6.20 Å². The molecule has 0 bridgehead atoms. The lowest BCUT2D eigenvalue weighted by Crippen LogP contribution is -2.09. The van der Waals surface area contributed by atoms with Gasteiger partial charge in [-0.1, -0.05) is 0 Å². The van der Waals surface area contributed by atoms with E-state index in [-0.39, 0.29) is 0 Å². The molecule has 1 aliphatic rings. The van der Waals surface area contributed by atoms with Gasteiger partial charge in [0.15, 0.2) is 0 Å². The number of anilines is 1. The Labute approximate surface area is 99.1 Å². The van der Waals surface area contributed by atoms with Crippen molar-refractivity contribution in [3.63, 3.8) is 0 Å². The van der Waals surface area contributed by atoms with Gasteiger partial charge in [-0.25, -0.2) is 4.98 Å². The van der Waals surface area contributed by atoms with Gasteiger partial charge < -0.3 is 9.88 Å². The van der Waals surface area contributed by atoms with Gasteiger partial charge in [0.1, 0.15) is 0 Å². The van der Waals surface area contributed by atoms with Crippen LogP contribution in [0.25, 0.3) is 0 Å². The first kappa shape index (κ1) is 9.90. The summed E-state index contributed by atoms with van der Waals surface area (Å²) in [5.74, 6) is 1.03. The van der Waals surface area contributed by atoms with Crippen molar-refractivity contribution in [3.8, 4) is 0 Å². The number of imidazole rings is 1. The molecule has 0 saturated heterocycles. The average Bonchev–Trinajstić information content (AvgIpc) is 2.80. The Balaban J connectivity index is 1.62. The monoisotopic (exact) mass is 233 g/mol. The molecule has 4 heteroatoms. The highest BCUT2D eigenvalue weighted by molar-refractivity contribution is 7.07. The molecule has 2 aromatic heterocycles. The van der Waals surface area contributed by atoms with Gasteiger partial charge in [-0.2, -0.15) is 11.3 Å². The molecule has 2 heterocycles. The van der Waals surface area contributed by atoms with E-state index in [1.54, 1.807) is 11.3 Å². The van der Waals surface area contributed by atoms with Crippen LogP contribution < -0.4 is 5.32 Å². The van der Waals surface area contributed by atoms with Crippen molar-refractivity contribution in [2.75, 3.05) is 5.32 Å². The fraction of sp³-hybridized carbons (Fsp3) is 0.417. The molecule has 3 nitrogen and oxygen atoms in total. The number of hydrogen-bond donors (Lipinski definition) is 1. The maximum absolute atomic E-state index is 4.35. The van der Waals surface area contributed by atoms with Crippen LogP contribution in [-0.4, -0.2) is 15.6 Å². The van der Waals surface area contributed by atoms with Crippen LogP contribution in [0.2, 0.25) is 0 Å². The zero-order chi connectivity index (χ0) is 10.8. The maximum atomic E-state index is 4.35. The summed E-state index contributed by atoms with van der Waals surface area (Å²) in [6.45, 7) is 1.01. The van der Waals surface area contributed by atoms with Gasteiger partial charge in [0.25, 0.3) is 0 Å². The number of hydrogen-bond acceptors (Lipinski definition) is 3. The van der Waals surface area contributed by atoms with Crippen molar-refractivity contribution < 1.29 is 0 Å². The predicted octanol–water partition coefficient (Wildman–Crippen LogP) is 2.76. The molecular formula is C12H15N3S. The van der Waals surface area contributed by atoms with Gasteiger partial charge in [-0.05, 0) is 41.7 Å². The second-order valence-electron chi connectivity index (χ2n) is 4.24. The Morgan fingerprint density at radius 2 is 2.44 bits per heavy atom. The first-order valence-electron chi connectivity index (χ1n) is 5.70. The Morgan fingerprint density at radius 3 is 3.19 bits per heavy atom. The molecular weight excluding hydrogens is 218 g/mol. The molecule has 3 rings (SSSR count). The summed E-state index contributed by atoms with van der Waals surface area (Å²) in [6, 6.07) is 2.86. The van der Waals surface area contributed by atoms with Crippen molar-refractivity contribution in [3.05, 3.63) is 34.8 Å². The summed E-state index contributed by atoms with van der Waals surface area (Å²) in [7, 11) is 0. The van der Waals surface area contributed by atoms with Gasteiger partial charge >= 0.3 is 0 Å². The van der Waals surface area contributed by atoms with Gasteiger partial charge in [0, 0.05) is 25.0 Å². The largest absolute Gasteiger partial charge is 0.353 e. The minimum absolute atomic E-state index is 0.669. The number of nitrogens with one attached hydrogen (secondary N) is 1. The van der Waals surface area contributed by atoms with E-state index in [0.29, 0.717) is 6.04 Å². The highest BCUT2D eigenvalue weighted by Crippen LogP contribution is 2.23. The number of nitrogens with zero attached hydrogens (tertiary/aromatic N) is 2. The van der Waals surface area contributed by atoms with Crippen molar-refractivity contribution in [1.29, 1.82) is 0 Å². The Morgan fingerprint density at radius 1 is 1.50 bits per heavy atom. The molecule has 1 N–H and O–H groups in total. The molecule has 0 aromatic carbocycles. The van der Waals surface area contributed by atoms with Crippen molar-refractivity contribution in [1.82, 2.24) is 9.55 Å². The molecule has 1 saturated carbocycles. The summed E-state index contributed by atoms with van der Waals surface area (Å²) in [5, 5.41) is 7.79. The van der Waals surface area contributed by atoms with Crippen LogP contribution in [0.3, 0.4) is 0 Å². The summed E-state index contributed by atoms with van der Waals surface area (Å²) >= 11 is 1.76. The third-order valence-corrected chi connectivity index (χ3v) is 3.58. The van der Waals surface area contributed by atoms with Gasteiger partial charge in [-0.3, -0.25) is 0 Å². The third-order valence-electron chi connectivity index (χ3n) is 2.85. The van der Waals surface area contributed by atoms with Gasteiger partial charge in [0.05, 0.1) is 0 Å². The van der Waals surface area contributed by atoms with E-state index < -0.39 is 0 Å². The quantitative estimate of drug-likeness (QED) is 0.860. The van der Waals surface area contributed by atoms with E-state index in [0.717, 1.165) is 18.9 Å². The second-order valence-corrected chi connectivity index (χ2v) is 5.02. The molecule has 84 valence electrons. The van der Waals surface area contributed by atoms with Crippen LogP contribution in [0.1, 0.15) is 18.4 Å². The summed E-state index contributed by atoms with van der Waals surface area (Å²) in [4.78, 5) is 4.35. The van der Waals surface area contributed by atoms with Crippen LogP contribution >= 0.6 is 11.3 Å². The zero-order valence-corrected chi connectivity index (χ0v) is 9.91. The molecule has 0 radical (unpaired) electrons. The topological polar surface area (TPSA) is 29.9 Å². The number of aryl methyl sites for hydroxylation is 2. The fourth-order valence-electron chi connectivity index (χ4n) is 1.72. The van der Waals surface area contributed by atoms with E-state index in [2.05, 4.69) is 37.9 Å². The normalized spacial score (nSPS) is 15.2. The van der Waals surface area contributed by atoms with Gasteiger partial charge in [-0.15, -0.1) is 0 Å². The first-order chi connectivity index (χ1) is 7.92. The van der Waals surface area contributed by atoms with Crippen LogP contribution in [0.5, 0.6) is 0 Å². The van der Waals surface area contributed by atoms with Crippen LogP contribution in [0.15, 0.2) is 29.2 Å². The van der Waals surface area contributed by atoms with Crippen LogP contribution in [0, 0.1) is 0 Å². The number of thiophene rings is 1. The van der Waals surface area contributed by atoms with Crippen LogP contribution in [0.4, 0.5) is 5.95 Å². The molecule has 0 aliphatic heterocycles. The number of rotatable bonds is 5. The molecule has 0 atom stereocenters. The fourth-order valence-corrected chi connectivity index (χ4v) is 2.43. The zero-order valence-electron chi connectivity index (χ0n) is 9.10. The number of aromatic nitrogens is 2.